The van der Waals surface area contributed by atoms with Crippen LogP contribution in [-0.4, -0.2) is 43.4 Å². The van der Waals surface area contributed by atoms with Crippen molar-refractivity contribution in [3.8, 4) is 22.4 Å². The number of amides is 3. The van der Waals surface area contributed by atoms with Gasteiger partial charge in [-0.3, -0.25) is 24.4 Å². The second-order valence-corrected chi connectivity index (χ2v) is 7.77. The smallest absolute Gasteiger partial charge is 0.255 e. The normalized spacial score (nSPS) is 18.3. The van der Waals surface area contributed by atoms with E-state index in [0.717, 1.165) is 27.9 Å². The number of nitrogen functional groups attached to an aromatic ring is 1. The quantitative estimate of drug-likeness (QED) is 0.624. The van der Waals surface area contributed by atoms with Crippen molar-refractivity contribution in [1.29, 1.82) is 0 Å². The zero-order valence-corrected chi connectivity index (χ0v) is 16.8. The number of carbonyl (C=O) groups is 3. The van der Waals surface area contributed by atoms with Crippen LogP contribution < -0.4 is 11.1 Å². The highest BCUT2D eigenvalue weighted by molar-refractivity contribution is 6.05. The summed E-state index contributed by atoms with van der Waals surface area (Å²) >= 11 is 0. The van der Waals surface area contributed by atoms with Gasteiger partial charge in [0.05, 0.1) is 11.9 Å². The molecule has 1 atom stereocenters. The molecule has 9 heteroatoms. The van der Waals surface area contributed by atoms with Gasteiger partial charge in [-0.25, -0.2) is 4.98 Å². The van der Waals surface area contributed by atoms with Crippen molar-refractivity contribution in [1.82, 2.24) is 25.0 Å². The van der Waals surface area contributed by atoms with E-state index in [9.17, 15) is 14.4 Å². The van der Waals surface area contributed by atoms with Crippen LogP contribution in [0.3, 0.4) is 0 Å². The van der Waals surface area contributed by atoms with Crippen LogP contribution in [0.15, 0.2) is 42.7 Å². The first kappa shape index (κ1) is 19.0. The third-order valence-corrected chi connectivity index (χ3v) is 5.83. The molecule has 0 radical (unpaired) electrons. The number of carbonyl (C=O) groups excluding carboxylic acids is 3. The number of anilines is 1. The van der Waals surface area contributed by atoms with Crippen molar-refractivity contribution in [3.63, 3.8) is 0 Å². The SMILES string of the molecule is Cn1ncc(-c2ccc3c(c2)CN([C@H]2CCC(=O)NC2=O)C3=O)c1-c1ccc(N)nc1. The largest absolute Gasteiger partial charge is 0.384 e. The summed E-state index contributed by atoms with van der Waals surface area (Å²) in [6.45, 7) is 0.327. The second kappa shape index (κ2) is 7.05. The molecule has 3 aromatic rings. The van der Waals surface area contributed by atoms with E-state index < -0.39 is 11.9 Å². The number of pyridine rings is 1. The number of nitrogens with two attached hydrogens (primary N) is 1. The number of nitrogens with one attached hydrogen (secondary N) is 1. The predicted molar refractivity (Wildman–Crippen MR) is 112 cm³/mol. The molecule has 0 spiro atoms. The average Bonchev–Trinajstić information content (AvgIpc) is 3.28. The van der Waals surface area contributed by atoms with Gasteiger partial charge >= 0.3 is 0 Å². The first-order valence-electron chi connectivity index (χ1n) is 9.94. The Labute approximate surface area is 177 Å². The number of nitrogens with zero attached hydrogens (tertiary/aromatic N) is 4. The summed E-state index contributed by atoms with van der Waals surface area (Å²) in [5.41, 5.74) is 10.7. The monoisotopic (exact) mass is 416 g/mol. The fourth-order valence-corrected chi connectivity index (χ4v) is 4.28. The molecule has 5 rings (SSSR count). The Balaban J connectivity index is 1.49. The molecule has 0 saturated carbocycles. The molecule has 31 heavy (non-hydrogen) atoms. The van der Waals surface area contributed by atoms with E-state index in [1.807, 2.05) is 25.2 Å². The molecule has 1 saturated heterocycles. The van der Waals surface area contributed by atoms with Gasteiger partial charge in [-0.15, -0.1) is 0 Å². The molecule has 3 amide bonds. The summed E-state index contributed by atoms with van der Waals surface area (Å²) in [5, 5.41) is 6.73. The van der Waals surface area contributed by atoms with Crippen molar-refractivity contribution in [3.05, 3.63) is 53.9 Å². The number of imide groups is 1. The van der Waals surface area contributed by atoms with E-state index in [0.29, 0.717) is 24.3 Å². The summed E-state index contributed by atoms with van der Waals surface area (Å²) in [6.07, 6.45) is 4.06. The Hall–Kier alpha value is -4.01. The molecule has 2 aliphatic heterocycles. The highest BCUT2D eigenvalue weighted by Crippen LogP contribution is 2.35. The molecule has 2 aromatic heterocycles. The van der Waals surface area contributed by atoms with Crippen LogP contribution in [0.5, 0.6) is 0 Å². The van der Waals surface area contributed by atoms with Gasteiger partial charge in [-0.2, -0.15) is 5.10 Å². The van der Waals surface area contributed by atoms with E-state index in [4.69, 9.17) is 5.73 Å². The minimum Gasteiger partial charge on any atom is -0.384 e. The van der Waals surface area contributed by atoms with E-state index in [2.05, 4.69) is 15.4 Å². The lowest BCUT2D eigenvalue weighted by Crippen LogP contribution is -2.52. The number of piperidine rings is 1. The van der Waals surface area contributed by atoms with E-state index >= 15 is 0 Å². The number of hydrogen-bond acceptors (Lipinski definition) is 6. The average molecular weight is 416 g/mol. The molecule has 1 fully saturated rings. The topological polar surface area (TPSA) is 123 Å². The Morgan fingerprint density at radius 1 is 1.06 bits per heavy atom. The van der Waals surface area contributed by atoms with Gasteiger partial charge < -0.3 is 10.6 Å². The highest BCUT2D eigenvalue weighted by atomic mass is 16.2. The zero-order valence-electron chi connectivity index (χ0n) is 16.8. The van der Waals surface area contributed by atoms with E-state index in [1.54, 1.807) is 34.1 Å². The second-order valence-electron chi connectivity index (χ2n) is 7.77. The van der Waals surface area contributed by atoms with Crippen molar-refractivity contribution in [2.45, 2.75) is 25.4 Å². The highest BCUT2D eigenvalue weighted by Gasteiger charge is 2.39. The Morgan fingerprint density at radius 3 is 2.61 bits per heavy atom. The summed E-state index contributed by atoms with van der Waals surface area (Å²) in [6, 6.07) is 8.64. The first-order chi connectivity index (χ1) is 14.9. The summed E-state index contributed by atoms with van der Waals surface area (Å²) in [5.74, 6) is -0.459. The number of rotatable bonds is 3. The first-order valence-corrected chi connectivity index (χ1v) is 9.94. The molecule has 4 heterocycles. The van der Waals surface area contributed by atoms with Gasteiger partial charge in [0, 0.05) is 42.9 Å². The maximum atomic E-state index is 12.9. The van der Waals surface area contributed by atoms with Crippen molar-refractivity contribution >= 4 is 23.5 Å². The predicted octanol–water partition coefficient (Wildman–Crippen LogP) is 1.49. The van der Waals surface area contributed by atoms with Crippen LogP contribution in [0.1, 0.15) is 28.8 Å². The zero-order chi connectivity index (χ0) is 21.7. The molecule has 9 nitrogen and oxygen atoms in total. The van der Waals surface area contributed by atoms with Crippen molar-refractivity contribution < 1.29 is 14.4 Å². The fourth-order valence-electron chi connectivity index (χ4n) is 4.28. The van der Waals surface area contributed by atoms with E-state index in [-0.39, 0.29) is 18.2 Å². The minimum absolute atomic E-state index is 0.190. The van der Waals surface area contributed by atoms with Crippen LogP contribution in [0, 0.1) is 0 Å². The number of hydrogen-bond donors (Lipinski definition) is 2. The standard InChI is InChI=1S/C22H20N6O3/c1-27-20(13-3-6-18(23)24-9-13)16(10-25-27)12-2-4-15-14(8-12)11-28(22(15)31)17-5-7-19(29)26-21(17)30/h2-4,6,8-10,17H,5,7,11H2,1H3,(H2,23,24)(H,26,29,30)/t17-/m0/s1. The summed E-state index contributed by atoms with van der Waals surface area (Å²) in [7, 11) is 1.86. The molecular weight excluding hydrogens is 396 g/mol. The Kier molecular flexibility index (Phi) is 4.32. The molecule has 1 aromatic carbocycles. The molecule has 0 aliphatic carbocycles. The van der Waals surface area contributed by atoms with Crippen LogP contribution in [0.25, 0.3) is 22.4 Å². The van der Waals surface area contributed by atoms with Crippen LogP contribution in [0.2, 0.25) is 0 Å². The van der Waals surface area contributed by atoms with Crippen LogP contribution in [-0.2, 0) is 23.2 Å². The number of benzene rings is 1. The van der Waals surface area contributed by atoms with Crippen molar-refractivity contribution in [2.24, 2.45) is 7.05 Å². The number of aryl methyl sites for hydroxylation is 1. The molecule has 156 valence electrons. The Bertz CT molecular complexity index is 1230. The Morgan fingerprint density at radius 2 is 1.87 bits per heavy atom. The maximum Gasteiger partial charge on any atom is 0.255 e. The lowest BCUT2D eigenvalue weighted by Gasteiger charge is -2.29. The summed E-state index contributed by atoms with van der Waals surface area (Å²) < 4.78 is 1.77. The van der Waals surface area contributed by atoms with E-state index in [1.165, 1.54) is 0 Å². The number of fused-ring (bicyclic) bond motifs is 1. The molecule has 0 bridgehead atoms. The fraction of sp³-hybridized carbons (Fsp3) is 0.227. The molecular formula is C22H20N6O3. The summed E-state index contributed by atoms with van der Waals surface area (Å²) in [4.78, 5) is 42.3. The van der Waals surface area contributed by atoms with Crippen LogP contribution >= 0.6 is 0 Å². The lowest BCUT2D eigenvalue weighted by atomic mass is 9.98. The minimum atomic E-state index is -0.629. The third-order valence-electron chi connectivity index (χ3n) is 5.83. The van der Waals surface area contributed by atoms with Gasteiger partial charge in [0.1, 0.15) is 11.9 Å². The van der Waals surface area contributed by atoms with Gasteiger partial charge in [0.25, 0.3) is 5.91 Å². The molecule has 3 N–H and O–H groups in total. The van der Waals surface area contributed by atoms with Crippen molar-refractivity contribution in [2.75, 3.05) is 5.73 Å². The van der Waals surface area contributed by atoms with Gasteiger partial charge in [-0.05, 0) is 41.8 Å². The van der Waals surface area contributed by atoms with Gasteiger partial charge in [0.2, 0.25) is 11.8 Å². The van der Waals surface area contributed by atoms with Gasteiger partial charge in [0.15, 0.2) is 0 Å². The maximum absolute atomic E-state index is 12.9. The van der Waals surface area contributed by atoms with Crippen LogP contribution in [0.4, 0.5) is 5.82 Å². The molecule has 0 unspecified atom stereocenters. The molecule has 2 aliphatic rings. The number of aromatic nitrogens is 3. The van der Waals surface area contributed by atoms with Gasteiger partial charge in [-0.1, -0.05) is 6.07 Å². The third kappa shape index (κ3) is 3.14. The lowest BCUT2D eigenvalue weighted by molar-refractivity contribution is -0.136.